The summed E-state index contributed by atoms with van der Waals surface area (Å²) in [7, 11) is 0. The van der Waals surface area contributed by atoms with Crippen LogP contribution >= 0.6 is 11.6 Å². The van der Waals surface area contributed by atoms with Crippen LogP contribution in [0.1, 0.15) is 30.4 Å². The van der Waals surface area contributed by atoms with E-state index in [4.69, 9.17) is 11.6 Å². The average molecular weight is 312 g/mol. The quantitative estimate of drug-likeness (QED) is 0.608. The second-order valence-electron chi connectivity index (χ2n) is 4.14. The molecule has 112 valence electrons. The molecule has 0 radical (unpaired) electrons. The molecule has 0 saturated carbocycles. The minimum absolute atomic E-state index is 0.198. The monoisotopic (exact) mass is 311 g/mol. The van der Waals surface area contributed by atoms with Gasteiger partial charge in [-0.1, -0.05) is 0 Å². The number of likely N-dealkylation sites (N-methyl/N-ethyl adjacent to an activating group) is 1. The molecule has 1 rings (SSSR count). The molecular formula is C13H14ClF4NO. The van der Waals surface area contributed by atoms with Crippen molar-refractivity contribution in [3.05, 3.63) is 35.1 Å². The van der Waals surface area contributed by atoms with Gasteiger partial charge in [0, 0.05) is 13.1 Å². The lowest BCUT2D eigenvalue weighted by atomic mass is 10.1. The molecule has 1 atom stereocenters. The lowest BCUT2D eigenvalue weighted by molar-refractivity contribution is -0.138. The highest BCUT2D eigenvalue weighted by Crippen LogP contribution is 2.33. The Morgan fingerprint density at radius 1 is 1.25 bits per heavy atom. The van der Waals surface area contributed by atoms with E-state index < -0.39 is 28.8 Å². The molecule has 7 heteroatoms. The number of hydrogen-bond donors (Lipinski definition) is 0. The molecule has 1 unspecified atom stereocenters. The second-order valence-corrected chi connectivity index (χ2v) is 4.58. The first kappa shape index (κ1) is 16.8. The summed E-state index contributed by atoms with van der Waals surface area (Å²) in [5.41, 5.74) is -1.36. The molecule has 0 heterocycles. The Balaban J connectivity index is 3.13. The van der Waals surface area contributed by atoms with Crippen molar-refractivity contribution in [3.8, 4) is 0 Å². The zero-order chi connectivity index (χ0) is 15.5. The van der Waals surface area contributed by atoms with E-state index in [1.807, 2.05) is 0 Å². The topological polar surface area (TPSA) is 20.3 Å². The van der Waals surface area contributed by atoms with Gasteiger partial charge in [-0.15, -0.1) is 11.6 Å². The van der Waals surface area contributed by atoms with Gasteiger partial charge in [-0.3, -0.25) is 4.79 Å². The van der Waals surface area contributed by atoms with Crippen LogP contribution in [-0.4, -0.2) is 23.9 Å². The van der Waals surface area contributed by atoms with Crippen molar-refractivity contribution in [2.45, 2.75) is 25.4 Å². The molecule has 0 spiro atoms. The van der Waals surface area contributed by atoms with Gasteiger partial charge in [0.1, 0.15) is 11.2 Å². The largest absolute Gasteiger partial charge is 0.416 e. The van der Waals surface area contributed by atoms with Crippen LogP contribution in [0.25, 0.3) is 0 Å². The first-order valence-corrected chi connectivity index (χ1v) is 6.44. The third-order valence-corrected chi connectivity index (χ3v) is 3.27. The summed E-state index contributed by atoms with van der Waals surface area (Å²) in [4.78, 5) is 13.3. The minimum atomic E-state index is -4.69. The van der Waals surface area contributed by atoms with E-state index in [1.54, 1.807) is 13.8 Å². The van der Waals surface area contributed by atoms with Crippen molar-refractivity contribution in [1.82, 2.24) is 4.90 Å². The Bertz CT molecular complexity index is 486. The van der Waals surface area contributed by atoms with Crippen molar-refractivity contribution < 1.29 is 22.4 Å². The van der Waals surface area contributed by atoms with Crippen molar-refractivity contribution in [2.24, 2.45) is 0 Å². The van der Waals surface area contributed by atoms with Gasteiger partial charge in [0.15, 0.2) is 0 Å². The maximum absolute atomic E-state index is 13.3. The molecule has 0 bridgehead atoms. The van der Waals surface area contributed by atoms with Gasteiger partial charge in [0.25, 0.3) is 0 Å². The fourth-order valence-corrected chi connectivity index (χ4v) is 2.02. The van der Waals surface area contributed by atoms with Gasteiger partial charge in [-0.2, -0.15) is 13.2 Å². The van der Waals surface area contributed by atoms with Crippen LogP contribution in [0.3, 0.4) is 0 Å². The fraction of sp³-hybridized carbons (Fsp3) is 0.462. The Labute approximate surface area is 119 Å². The highest BCUT2D eigenvalue weighted by Gasteiger charge is 2.33. The molecule has 0 aliphatic heterocycles. The Hall–Kier alpha value is -1.30. The number of alkyl halides is 4. The fourth-order valence-electron chi connectivity index (χ4n) is 1.76. The van der Waals surface area contributed by atoms with Gasteiger partial charge in [0.2, 0.25) is 5.91 Å². The van der Waals surface area contributed by atoms with Crippen LogP contribution in [-0.2, 0) is 11.0 Å². The molecule has 0 aliphatic carbocycles. The molecule has 0 fully saturated rings. The highest BCUT2D eigenvalue weighted by molar-refractivity contribution is 6.30. The number of benzene rings is 1. The van der Waals surface area contributed by atoms with Gasteiger partial charge >= 0.3 is 6.18 Å². The lowest BCUT2D eigenvalue weighted by Gasteiger charge is -2.22. The van der Waals surface area contributed by atoms with E-state index in [0.717, 1.165) is 6.07 Å². The van der Waals surface area contributed by atoms with E-state index in [2.05, 4.69) is 0 Å². The third kappa shape index (κ3) is 3.85. The van der Waals surface area contributed by atoms with Crippen LogP contribution in [0.4, 0.5) is 17.6 Å². The van der Waals surface area contributed by atoms with Gasteiger partial charge in [0.05, 0.1) is 5.56 Å². The number of halogens is 5. The second kappa shape index (κ2) is 6.43. The van der Waals surface area contributed by atoms with Crippen LogP contribution < -0.4 is 0 Å². The molecule has 0 saturated heterocycles. The molecule has 0 aliphatic rings. The number of amides is 1. The number of carbonyl (C=O) groups is 1. The predicted octanol–water partition coefficient (Wildman–Crippen LogP) is 3.99. The highest BCUT2D eigenvalue weighted by atomic mass is 35.5. The molecule has 1 aromatic carbocycles. The molecule has 0 N–H and O–H groups in total. The summed E-state index contributed by atoms with van der Waals surface area (Å²) in [5.74, 6) is -1.62. The number of nitrogens with zero attached hydrogens (tertiary/aromatic N) is 1. The number of hydrogen-bond acceptors (Lipinski definition) is 1. The van der Waals surface area contributed by atoms with E-state index in [1.165, 1.54) is 4.90 Å². The predicted molar refractivity (Wildman–Crippen MR) is 67.9 cm³/mol. The van der Waals surface area contributed by atoms with Crippen molar-refractivity contribution >= 4 is 17.5 Å². The number of rotatable bonds is 4. The Kier molecular flexibility index (Phi) is 5.39. The van der Waals surface area contributed by atoms with E-state index in [-0.39, 0.29) is 5.56 Å². The van der Waals surface area contributed by atoms with Gasteiger partial charge in [-0.05, 0) is 37.6 Å². The van der Waals surface area contributed by atoms with Gasteiger partial charge < -0.3 is 4.90 Å². The zero-order valence-electron chi connectivity index (χ0n) is 11.0. The van der Waals surface area contributed by atoms with Crippen molar-refractivity contribution in [2.75, 3.05) is 13.1 Å². The SMILES string of the molecule is CCN(CC)C(=O)C(Cl)c1cc(F)cc(C(F)(F)F)c1. The molecule has 1 aromatic rings. The molecule has 0 aromatic heterocycles. The normalized spacial score (nSPS) is 13.2. The van der Waals surface area contributed by atoms with Crippen molar-refractivity contribution in [1.29, 1.82) is 0 Å². The summed E-state index contributed by atoms with van der Waals surface area (Å²) in [5, 5.41) is -1.34. The van der Waals surface area contributed by atoms with Crippen molar-refractivity contribution in [3.63, 3.8) is 0 Å². The van der Waals surface area contributed by atoms with E-state index in [0.29, 0.717) is 25.2 Å². The summed E-state index contributed by atoms with van der Waals surface area (Å²) in [6.45, 7) is 4.19. The smallest absolute Gasteiger partial charge is 0.342 e. The lowest BCUT2D eigenvalue weighted by Crippen LogP contribution is -2.33. The van der Waals surface area contributed by atoms with E-state index in [9.17, 15) is 22.4 Å². The molecule has 2 nitrogen and oxygen atoms in total. The first-order valence-electron chi connectivity index (χ1n) is 6.01. The first-order chi connectivity index (χ1) is 9.20. The summed E-state index contributed by atoms with van der Waals surface area (Å²) < 4.78 is 51.1. The minimum Gasteiger partial charge on any atom is -0.342 e. The molecule has 20 heavy (non-hydrogen) atoms. The molecule has 1 amide bonds. The summed E-state index contributed by atoms with van der Waals surface area (Å²) >= 11 is 5.88. The van der Waals surface area contributed by atoms with Crippen LogP contribution in [0, 0.1) is 5.82 Å². The number of carbonyl (C=O) groups excluding carboxylic acids is 1. The van der Waals surface area contributed by atoms with Crippen LogP contribution in [0.5, 0.6) is 0 Å². The third-order valence-electron chi connectivity index (χ3n) is 2.83. The van der Waals surface area contributed by atoms with Gasteiger partial charge in [-0.25, -0.2) is 4.39 Å². The zero-order valence-corrected chi connectivity index (χ0v) is 11.7. The Morgan fingerprint density at radius 2 is 1.80 bits per heavy atom. The average Bonchev–Trinajstić information content (AvgIpc) is 2.37. The maximum Gasteiger partial charge on any atom is 0.416 e. The van der Waals surface area contributed by atoms with Crippen LogP contribution in [0.15, 0.2) is 18.2 Å². The molecular weight excluding hydrogens is 298 g/mol. The van der Waals surface area contributed by atoms with Crippen LogP contribution in [0.2, 0.25) is 0 Å². The summed E-state index contributed by atoms with van der Waals surface area (Å²) in [6.07, 6.45) is -4.69. The maximum atomic E-state index is 13.3. The standard InChI is InChI=1S/C13H14ClF4NO/c1-3-19(4-2)12(20)11(14)8-5-9(13(16,17)18)7-10(15)6-8/h5-7,11H,3-4H2,1-2H3. The summed E-state index contributed by atoms with van der Waals surface area (Å²) in [6, 6.07) is 1.91. The Morgan fingerprint density at radius 3 is 2.25 bits per heavy atom. The van der Waals surface area contributed by atoms with E-state index >= 15 is 0 Å².